The number of ketones is 1. The van der Waals surface area contributed by atoms with Crippen molar-refractivity contribution >= 4 is 17.4 Å². The quantitative estimate of drug-likeness (QED) is 0.573. The van der Waals surface area contributed by atoms with Crippen LogP contribution in [-0.4, -0.2) is 12.4 Å². The predicted octanol–water partition coefficient (Wildman–Crippen LogP) is 5.38. The molecular weight excluding hydrogens is 284 g/mol. The minimum absolute atomic E-state index is 0.140. The van der Waals surface area contributed by atoms with E-state index in [1.54, 1.807) is 0 Å². The predicted molar refractivity (Wildman–Crippen MR) is 89.4 cm³/mol. The lowest BCUT2D eigenvalue weighted by molar-refractivity contribution is -0.122. The number of Topliss-reactive ketones (excluding diaryl/α,β-unsaturated/α-hetero) is 1. The van der Waals surface area contributed by atoms with Crippen LogP contribution in [0.5, 0.6) is 5.75 Å². The highest BCUT2D eigenvalue weighted by molar-refractivity contribution is 6.32. The molecule has 0 amide bonds. The number of unbranched alkanes of at least 4 members (excludes halogenated alkanes) is 1. The van der Waals surface area contributed by atoms with Gasteiger partial charge >= 0.3 is 0 Å². The summed E-state index contributed by atoms with van der Waals surface area (Å²) in [7, 11) is 0. The number of aryl methyl sites for hydroxylation is 2. The molecule has 0 bridgehead atoms. The van der Waals surface area contributed by atoms with E-state index in [0.717, 1.165) is 42.0 Å². The van der Waals surface area contributed by atoms with E-state index in [2.05, 4.69) is 19.9 Å². The number of ether oxygens (including phenoxy) is 1. The van der Waals surface area contributed by atoms with E-state index in [-0.39, 0.29) is 5.92 Å². The third kappa shape index (κ3) is 6.09. The van der Waals surface area contributed by atoms with Crippen molar-refractivity contribution in [3.8, 4) is 5.75 Å². The van der Waals surface area contributed by atoms with Crippen LogP contribution in [0.4, 0.5) is 0 Å². The molecule has 0 heterocycles. The fourth-order valence-corrected chi connectivity index (χ4v) is 2.47. The van der Waals surface area contributed by atoms with Gasteiger partial charge in [0.25, 0.3) is 0 Å². The highest BCUT2D eigenvalue weighted by atomic mass is 35.5. The van der Waals surface area contributed by atoms with Crippen LogP contribution in [0, 0.1) is 12.8 Å². The van der Waals surface area contributed by atoms with Gasteiger partial charge in [0.2, 0.25) is 0 Å². The van der Waals surface area contributed by atoms with E-state index in [0.29, 0.717) is 18.8 Å². The van der Waals surface area contributed by atoms with Gasteiger partial charge in [-0.1, -0.05) is 38.4 Å². The summed E-state index contributed by atoms with van der Waals surface area (Å²) in [6.45, 7) is 8.73. The number of halogens is 1. The van der Waals surface area contributed by atoms with Gasteiger partial charge in [0, 0.05) is 12.3 Å². The highest BCUT2D eigenvalue weighted by Gasteiger charge is 2.10. The maximum absolute atomic E-state index is 11.6. The summed E-state index contributed by atoms with van der Waals surface area (Å²) >= 11 is 6.42. The van der Waals surface area contributed by atoms with Crippen molar-refractivity contribution in [1.82, 2.24) is 0 Å². The maximum atomic E-state index is 11.6. The van der Waals surface area contributed by atoms with Gasteiger partial charge in [-0.15, -0.1) is 0 Å². The maximum Gasteiger partial charge on any atom is 0.138 e. The molecule has 0 spiro atoms. The molecule has 0 N–H and O–H groups in total. The molecule has 0 unspecified atom stereocenters. The lowest BCUT2D eigenvalue weighted by Gasteiger charge is -2.12. The lowest BCUT2D eigenvalue weighted by atomic mass is 10.00. The summed E-state index contributed by atoms with van der Waals surface area (Å²) in [5.74, 6) is 1.27. The minimum atomic E-state index is 0.140. The third-order valence-electron chi connectivity index (χ3n) is 3.48. The Morgan fingerprint density at radius 2 is 2.00 bits per heavy atom. The van der Waals surface area contributed by atoms with Crippen LogP contribution >= 0.6 is 11.6 Å². The molecule has 0 saturated heterocycles. The topological polar surface area (TPSA) is 26.3 Å². The molecule has 0 radical (unpaired) electrons. The van der Waals surface area contributed by atoms with Gasteiger partial charge in [-0.3, -0.25) is 4.79 Å². The van der Waals surface area contributed by atoms with E-state index < -0.39 is 0 Å². The monoisotopic (exact) mass is 310 g/mol. The molecule has 0 aromatic heterocycles. The van der Waals surface area contributed by atoms with Crippen LogP contribution in [0.2, 0.25) is 5.02 Å². The Balaban J connectivity index is 2.58. The SMILES string of the molecule is CCCOc1cc(C)cc(CCCCC(=O)C(C)C)c1Cl. The number of hydrogen-bond donors (Lipinski definition) is 0. The van der Waals surface area contributed by atoms with Gasteiger partial charge in [-0.25, -0.2) is 0 Å². The van der Waals surface area contributed by atoms with Crippen molar-refractivity contribution in [2.75, 3.05) is 6.61 Å². The Bertz CT molecular complexity index is 467. The Hall–Kier alpha value is -1.02. The molecule has 1 aromatic carbocycles. The van der Waals surface area contributed by atoms with Gasteiger partial charge in [0.05, 0.1) is 11.6 Å². The van der Waals surface area contributed by atoms with E-state index in [1.807, 2.05) is 19.9 Å². The van der Waals surface area contributed by atoms with Crippen LogP contribution in [0.15, 0.2) is 12.1 Å². The zero-order valence-corrected chi connectivity index (χ0v) is 14.4. The Kier molecular flexibility index (Phi) is 7.81. The van der Waals surface area contributed by atoms with Crippen LogP contribution in [0.1, 0.15) is 57.6 Å². The lowest BCUT2D eigenvalue weighted by Crippen LogP contribution is -2.06. The van der Waals surface area contributed by atoms with Crippen molar-refractivity contribution in [2.45, 2.75) is 59.8 Å². The summed E-state index contributed by atoms with van der Waals surface area (Å²) in [5.41, 5.74) is 2.29. The molecule has 0 aliphatic carbocycles. The fourth-order valence-electron chi connectivity index (χ4n) is 2.21. The summed E-state index contributed by atoms with van der Waals surface area (Å²) < 4.78 is 5.70. The van der Waals surface area contributed by atoms with Crippen LogP contribution in [-0.2, 0) is 11.2 Å². The molecule has 3 heteroatoms. The zero-order chi connectivity index (χ0) is 15.8. The molecule has 1 aromatic rings. The number of benzene rings is 1. The summed E-state index contributed by atoms with van der Waals surface area (Å²) in [6.07, 6.45) is 4.44. The van der Waals surface area contributed by atoms with E-state index >= 15 is 0 Å². The Morgan fingerprint density at radius 3 is 2.62 bits per heavy atom. The number of hydrogen-bond acceptors (Lipinski definition) is 2. The second-order valence-corrected chi connectivity index (χ2v) is 6.29. The first kappa shape index (κ1) is 18.0. The van der Waals surface area contributed by atoms with Crippen molar-refractivity contribution in [3.63, 3.8) is 0 Å². The average Bonchev–Trinajstić information content (AvgIpc) is 2.44. The number of carbonyl (C=O) groups is 1. The van der Waals surface area contributed by atoms with Crippen LogP contribution in [0.25, 0.3) is 0 Å². The Labute approximate surface area is 133 Å². The second kappa shape index (κ2) is 9.09. The largest absolute Gasteiger partial charge is 0.492 e. The normalized spacial score (nSPS) is 11.0. The van der Waals surface area contributed by atoms with Crippen molar-refractivity contribution in [3.05, 3.63) is 28.3 Å². The standard InChI is InChI=1S/C18H27ClO2/c1-5-10-21-17-12-14(4)11-15(18(17)19)8-6-7-9-16(20)13(2)3/h11-13H,5-10H2,1-4H3. The van der Waals surface area contributed by atoms with Crippen LogP contribution < -0.4 is 4.74 Å². The van der Waals surface area contributed by atoms with E-state index in [1.165, 1.54) is 5.56 Å². The Morgan fingerprint density at radius 1 is 1.29 bits per heavy atom. The van der Waals surface area contributed by atoms with Crippen molar-refractivity contribution in [1.29, 1.82) is 0 Å². The highest BCUT2D eigenvalue weighted by Crippen LogP contribution is 2.31. The van der Waals surface area contributed by atoms with Gasteiger partial charge in [-0.05, 0) is 49.8 Å². The zero-order valence-electron chi connectivity index (χ0n) is 13.7. The van der Waals surface area contributed by atoms with Crippen LogP contribution in [0.3, 0.4) is 0 Å². The average molecular weight is 311 g/mol. The van der Waals surface area contributed by atoms with Gasteiger partial charge in [0.1, 0.15) is 11.5 Å². The summed E-state index contributed by atoms with van der Waals surface area (Å²) in [6, 6.07) is 4.11. The van der Waals surface area contributed by atoms with Crippen molar-refractivity contribution in [2.24, 2.45) is 5.92 Å². The first-order valence-electron chi connectivity index (χ1n) is 7.90. The van der Waals surface area contributed by atoms with E-state index in [4.69, 9.17) is 16.3 Å². The van der Waals surface area contributed by atoms with Gasteiger partial charge in [-0.2, -0.15) is 0 Å². The smallest absolute Gasteiger partial charge is 0.138 e. The number of rotatable bonds is 9. The first-order valence-corrected chi connectivity index (χ1v) is 8.28. The molecule has 0 aliphatic heterocycles. The van der Waals surface area contributed by atoms with E-state index in [9.17, 15) is 4.79 Å². The first-order chi connectivity index (χ1) is 9.95. The molecular formula is C18H27ClO2. The number of carbonyl (C=O) groups excluding carboxylic acids is 1. The molecule has 1 rings (SSSR count). The van der Waals surface area contributed by atoms with Crippen molar-refractivity contribution < 1.29 is 9.53 Å². The second-order valence-electron chi connectivity index (χ2n) is 5.91. The fraction of sp³-hybridized carbons (Fsp3) is 0.611. The van der Waals surface area contributed by atoms with Gasteiger partial charge in [0.15, 0.2) is 0 Å². The molecule has 118 valence electrons. The molecule has 21 heavy (non-hydrogen) atoms. The third-order valence-corrected chi connectivity index (χ3v) is 3.91. The molecule has 0 atom stereocenters. The molecule has 0 saturated carbocycles. The van der Waals surface area contributed by atoms with Gasteiger partial charge < -0.3 is 4.74 Å². The molecule has 0 aliphatic rings. The summed E-state index contributed by atoms with van der Waals surface area (Å²) in [4.78, 5) is 11.6. The minimum Gasteiger partial charge on any atom is -0.492 e. The summed E-state index contributed by atoms with van der Waals surface area (Å²) in [5, 5.41) is 0.726. The molecule has 0 fully saturated rings. The molecule has 2 nitrogen and oxygen atoms in total.